The summed E-state index contributed by atoms with van der Waals surface area (Å²) in [6, 6.07) is 0.134. The fraction of sp³-hybridized carbons (Fsp3) is 0.667. The summed E-state index contributed by atoms with van der Waals surface area (Å²) in [7, 11) is 0. The number of nitrogens with zero attached hydrogens (tertiary/aromatic N) is 4. The lowest BCUT2D eigenvalue weighted by Gasteiger charge is -2.45. The van der Waals surface area contributed by atoms with Gasteiger partial charge in [-0.25, -0.2) is 15.0 Å². The maximum absolute atomic E-state index is 6.40. The minimum Gasteiger partial charge on any atom is -0.382 e. The first kappa shape index (κ1) is 14.5. The molecule has 4 N–H and O–H groups in total. The smallest absolute Gasteiger partial charge is 0.167 e. The van der Waals surface area contributed by atoms with Gasteiger partial charge in [0, 0.05) is 6.04 Å². The lowest BCUT2D eigenvalue weighted by Crippen LogP contribution is -2.58. The summed E-state index contributed by atoms with van der Waals surface area (Å²) in [5.74, 6) is -0.313. The zero-order chi connectivity index (χ0) is 16.7. The van der Waals surface area contributed by atoms with Gasteiger partial charge in [0.1, 0.15) is 29.7 Å². The van der Waals surface area contributed by atoms with Crippen LogP contribution in [0.15, 0.2) is 12.7 Å². The van der Waals surface area contributed by atoms with Crippen molar-refractivity contribution in [2.75, 3.05) is 5.73 Å². The molecule has 2 saturated heterocycles. The van der Waals surface area contributed by atoms with E-state index in [1.165, 1.54) is 6.33 Å². The Morgan fingerprint density at radius 2 is 1.96 bits per heavy atom. The molecular weight excluding hydrogens is 312 g/mol. The molecule has 1 saturated carbocycles. The van der Waals surface area contributed by atoms with Crippen LogP contribution in [0.25, 0.3) is 11.2 Å². The number of ether oxygens (including phenoxy) is 3. The van der Waals surface area contributed by atoms with Crippen molar-refractivity contribution in [2.45, 2.75) is 62.6 Å². The molecule has 128 valence electrons. The number of rotatable bonds is 1. The van der Waals surface area contributed by atoms with Gasteiger partial charge in [0.05, 0.1) is 6.33 Å². The van der Waals surface area contributed by atoms with Crippen LogP contribution in [0.1, 0.15) is 32.9 Å². The second-order valence-corrected chi connectivity index (χ2v) is 7.35. The van der Waals surface area contributed by atoms with Crippen LogP contribution in [0.4, 0.5) is 5.82 Å². The Balaban J connectivity index is 1.59. The number of nitrogen functional groups attached to an aromatic ring is 1. The number of hydrogen-bond acceptors (Lipinski definition) is 8. The second-order valence-electron chi connectivity index (χ2n) is 7.35. The van der Waals surface area contributed by atoms with E-state index >= 15 is 0 Å². The van der Waals surface area contributed by atoms with Gasteiger partial charge < -0.3 is 25.7 Å². The van der Waals surface area contributed by atoms with Gasteiger partial charge in [-0.1, -0.05) is 0 Å². The van der Waals surface area contributed by atoms with Crippen LogP contribution in [0.3, 0.4) is 0 Å². The number of aromatic nitrogens is 4. The van der Waals surface area contributed by atoms with Crippen molar-refractivity contribution in [1.29, 1.82) is 0 Å². The molecule has 1 aliphatic carbocycles. The predicted octanol–water partition coefficient (Wildman–Crippen LogP) is 0.317. The molecule has 3 fully saturated rings. The molecule has 0 aromatic carbocycles. The number of imidazole rings is 1. The van der Waals surface area contributed by atoms with E-state index in [9.17, 15) is 0 Å². The van der Waals surface area contributed by atoms with Crippen molar-refractivity contribution < 1.29 is 14.2 Å². The fourth-order valence-electron chi connectivity index (χ4n) is 4.21. The van der Waals surface area contributed by atoms with Crippen molar-refractivity contribution in [1.82, 2.24) is 19.5 Å². The van der Waals surface area contributed by atoms with Gasteiger partial charge in [-0.15, -0.1) is 0 Å². The first-order chi connectivity index (χ1) is 11.4. The summed E-state index contributed by atoms with van der Waals surface area (Å²) in [4.78, 5) is 12.6. The highest BCUT2D eigenvalue weighted by molar-refractivity contribution is 5.81. The maximum Gasteiger partial charge on any atom is 0.167 e. The molecule has 3 aliphatic rings. The van der Waals surface area contributed by atoms with Crippen molar-refractivity contribution in [3.8, 4) is 0 Å². The molecule has 9 heteroatoms. The van der Waals surface area contributed by atoms with E-state index in [1.807, 2.05) is 18.4 Å². The Morgan fingerprint density at radius 3 is 2.71 bits per heavy atom. The molecule has 4 heterocycles. The van der Waals surface area contributed by atoms with Gasteiger partial charge in [0.2, 0.25) is 0 Å². The highest BCUT2D eigenvalue weighted by Crippen LogP contribution is 2.55. The third-order valence-electron chi connectivity index (χ3n) is 5.16. The molecule has 24 heavy (non-hydrogen) atoms. The molecule has 2 aromatic heterocycles. The lowest BCUT2D eigenvalue weighted by molar-refractivity contribution is -0.238. The highest BCUT2D eigenvalue weighted by atomic mass is 16.8. The Morgan fingerprint density at radius 1 is 1.17 bits per heavy atom. The van der Waals surface area contributed by atoms with E-state index in [0.29, 0.717) is 17.0 Å². The molecule has 2 aliphatic heterocycles. The van der Waals surface area contributed by atoms with Crippen LogP contribution >= 0.6 is 0 Å². The van der Waals surface area contributed by atoms with E-state index < -0.39 is 11.4 Å². The summed E-state index contributed by atoms with van der Waals surface area (Å²) in [6.45, 7) is 3.84. The molecular formula is C15H20N6O3. The largest absolute Gasteiger partial charge is 0.382 e. The predicted molar refractivity (Wildman–Crippen MR) is 83.6 cm³/mol. The Labute approximate surface area is 138 Å². The van der Waals surface area contributed by atoms with Crippen molar-refractivity contribution in [3.05, 3.63) is 12.7 Å². The number of fused-ring (bicyclic) bond motifs is 3. The molecule has 2 aromatic rings. The quantitative estimate of drug-likeness (QED) is 0.765. The number of hydrogen-bond donors (Lipinski definition) is 2. The lowest BCUT2D eigenvalue weighted by atomic mass is 9.72. The normalized spacial score (nSPS) is 40.1. The third-order valence-corrected chi connectivity index (χ3v) is 5.16. The van der Waals surface area contributed by atoms with Crippen LogP contribution in [0.2, 0.25) is 0 Å². The van der Waals surface area contributed by atoms with Crippen LogP contribution in [0, 0.1) is 0 Å². The Hall–Kier alpha value is -1.81. The van der Waals surface area contributed by atoms with Gasteiger partial charge >= 0.3 is 0 Å². The third kappa shape index (κ3) is 1.80. The van der Waals surface area contributed by atoms with Gasteiger partial charge in [-0.05, 0) is 26.7 Å². The first-order valence-corrected chi connectivity index (χ1v) is 8.11. The average molecular weight is 332 g/mol. The summed E-state index contributed by atoms with van der Waals surface area (Å²) in [5, 5.41) is 0. The Kier molecular flexibility index (Phi) is 2.68. The van der Waals surface area contributed by atoms with Crippen LogP contribution in [-0.2, 0) is 14.2 Å². The maximum atomic E-state index is 6.40. The second kappa shape index (κ2) is 4.42. The molecule has 3 atom stereocenters. The minimum atomic E-state index is -0.658. The van der Waals surface area contributed by atoms with E-state index in [1.54, 1.807) is 6.33 Å². The van der Waals surface area contributed by atoms with Gasteiger partial charge in [-0.2, -0.15) is 0 Å². The minimum absolute atomic E-state index is 0.134. The SMILES string of the molecule is CC1(C)O[C@H]2[C@H](n3cnc4c(N)ncnc43)O[C@]3(C[C@H](N)C3)[C@H]2O1. The number of nitrogens with two attached hydrogens (primary N) is 2. The zero-order valence-electron chi connectivity index (χ0n) is 13.5. The molecule has 1 spiro atoms. The van der Waals surface area contributed by atoms with Gasteiger partial charge in [0.25, 0.3) is 0 Å². The van der Waals surface area contributed by atoms with Crippen LogP contribution < -0.4 is 11.5 Å². The molecule has 0 radical (unpaired) electrons. The summed E-state index contributed by atoms with van der Waals surface area (Å²) in [5.41, 5.74) is 12.7. The van der Waals surface area contributed by atoms with Crippen molar-refractivity contribution >= 4 is 17.0 Å². The highest BCUT2D eigenvalue weighted by Gasteiger charge is 2.67. The van der Waals surface area contributed by atoms with E-state index in [0.717, 1.165) is 12.8 Å². The fourth-order valence-corrected chi connectivity index (χ4v) is 4.21. The van der Waals surface area contributed by atoms with E-state index in [2.05, 4.69) is 15.0 Å². The van der Waals surface area contributed by atoms with Gasteiger partial charge in [0.15, 0.2) is 23.5 Å². The average Bonchev–Trinajstić information content (AvgIpc) is 3.11. The summed E-state index contributed by atoms with van der Waals surface area (Å²) in [6.07, 6.45) is 3.82. The van der Waals surface area contributed by atoms with Gasteiger partial charge in [-0.3, -0.25) is 4.57 Å². The van der Waals surface area contributed by atoms with Crippen LogP contribution in [0.5, 0.6) is 0 Å². The first-order valence-electron chi connectivity index (χ1n) is 8.11. The number of anilines is 1. The monoisotopic (exact) mass is 332 g/mol. The van der Waals surface area contributed by atoms with E-state index in [-0.39, 0.29) is 24.5 Å². The summed E-state index contributed by atoms with van der Waals surface area (Å²) < 4.78 is 20.5. The molecule has 0 unspecified atom stereocenters. The Bertz CT molecular complexity index is 815. The molecule has 9 nitrogen and oxygen atoms in total. The topological polar surface area (TPSA) is 123 Å². The van der Waals surface area contributed by atoms with Crippen molar-refractivity contribution in [2.24, 2.45) is 5.73 Å². The zero-order valence-corrected chi connectivity index (χ0v) is 13.5. The molecule has 0 amide bonds. The van der Waals surface area contributed by atoms with Crippen LogP contribution in [-0.4, -0.2) is 49.2 Å². The van der Waals surface area contributed by atoms with Crippen molar-refractivity contribution in [3.63, 3.8) is 0 Å². The summed E-state index contributed by atoms with van der Waals surface area (Å²) >= 11 is 0. The molecule has 0 bridgehead atoms. The molecule has 5 rings (SSSR count). The van der Waals surface area contributed by atoms with E-state index in [4.69, 9.17) is 25.7 Å². The standard InChI is InChI=1S/C15H20N6O3/c1-14(2)22-9-10(23-14)15(3-7(16)4-15)24-13(9)21-6-20-8-11(17)18-5-19-12(8)21/h5-7,9-10,13H,3-4,16H2,1-2H3,(H2,17,18,19)/t7-,9-,10+,13-,15-/m1/s1.